The molecule has 14 heavy (non-hydrogen) atoms. The van der Waals surface area contributed by atoms with E-state index >= 15 is 0 Å². The SMILES string of the molecule is CCc1cccc(C(F)(F)CNC)c1. The molecule has 1 N–H and O–H groups in total. The van der Waals surface area contributed by atoms with Crippen LogP contribution in [0.1, 0.15) is 18.1 Å². The van der Waals surface area contributed by atoms with Crippen LogP contribution in [0.4, 0.5) is 8.78 Å². The number of hydrogen-bond donors (Lipinski definition) is 1. The molecule has 1 rings (SSSR count). The molecule has 0 radical (unpaired) electrons. The molecule has 78 valence electrons. The Hall–Kier alpha value is -0.960. The maximum Gasteiger partial charge on any atom is 0.285 e. The topological polar surface area (TPSA) is 12.0 Å². The molecule has 0 spiro atoms. The second kappa shape index (κ2) is 4.51. The monoisotopic (exact) mass is 199 g/mol. The summed E-state index contributed by atoms with van der Waals surface area (Å²) in [7, 11) is 1.53. The van der Waals surface area contributed by atoms with Gasteiger partial charge in [0.05, 0.1) is 6.54 Å². The highest BCUT2D eigenvalue weighted by Crippen LogP contribution is 2.27. The van der Waals surface area contributed by atoms with Crippen molar-refractivity contribution in [3.05, 3.63) is 35.4 Å². The Labute approximate surface area is 83.1 Å². The van der Waals surface area contributed by atoms with Gasteiger partial charge in [-0.3, -0.25) is 0 Å². The molecule has 0 aliphatic carbocycles. The summed E-state index contributed by atoms with van der Waals surface area (Å²) in [5.74, 6) is -2.78. The smallest absolute Gasteiger partial charge is 0.285 e. The van der Waals surface area contributed by atoms with Gasteiger partial charge in [0.25, 0.3) is 5.92 Å². The molecule has 3 heteroatoms. The van der Waals surface area contributed by atoms with Crippen LogP contribution in [0.3, 0.4) is 0 Å². The summed E-state index contributed by atoms with van der Waals surface area (Å²) in [6.07, 6.45) is 0.781. The number of alkyl halides is 2. The Balaban J connectivity index is 2.93. The van der Waals surface area contributed by atoms with Crippen LogP contribution in [0.2, 0.25) is 0 Å². The molecule has 0 saturated carbocycles. The summed E-state index contributed by atoms with van der Waals surface area (Å²) < 4.78 is 26.8. The molecule has 0 fully saturated rings. The van der Waals surface area contributed by atoms with Gasteiger partial charge in [-0.2, -0.15) is 8.78 Å². The number of likely N-dealkylation sites (N-methyl/N-ethyl adjacent to an activating group) is 1. The minimum atomic E-state index is -2.78. The fourth-order valence-electron chi connectivity index (χ4n) is 1.34. The van der Waals surface area contributed by atoms with Gasteiger partial charge >= 0.3 is 0 Å². The van der Waals surface area contributed by atoms with E-state index in [4.69, 9.17) is 0 Å². The van der Waals surface area contributed by atoms with Crippen LogP contribution in [0.15, 0.2) is 24.3 Å². The Morgan fingerprint density at radius 1 is 1.36 bits per heavy atom. The fourth-order valence-corrected chi connectivity index (χ4v) is 1.34. The van der Waals surface area contributed by atoms with E-state index in [9.17, 15) is 8.78 Å². The minimum Gasteiger partial charge on any atom is -0.314 e. The van der Waals surface area contributed by atoms with Gasteiger partial charge < -0.3 is 5.32 Å². The van der Waals surface area contributed by atoms with Crippen molar-refractivity contribution in [2.45, 2.75) is 19.3 Å². The van der Waals surface area contributed by atoms with Gasteiger partial charge in [0, 0.05) is 5.56 Å². The first-order valence-electron chi connectivity index (χ1n) is 4.72. The molecule has 0 amide bonds. The van der Waals surface area contributed by atoms with Crippen LogP contribution >= 0.6 is 0 Å². The van der Waals surface area contributed by atoms with E-state index in [0.717, 1.165) is 12.0 Å². The second-order valence-corrected chi connectivity index (χ2v) is 3.29. The standard InChI is InChI=1S/C11H15F2N/c1-3-9-5-4-6-10(7-9)11(12,13)8-14-2/h4-7,14H,3,8H2,1-2H3. The number of benzene rings is 1. The third-order valence-electron chi connectivity index (χ3n) is 2.16. The Morgan fingerprint density at radius 2 is 2.07 bits per heavy atom. The zero-order valence-electron chi connectivity index (χ0n) is 8.48. The van der Waals surface area contributed by atoms with Crippen molar-refractivity contribution in [2.75, 3.05) is 13.6 Å². The molecule has 1 nitrogen and oxygen atoms in total. The van der Waals surface area contributed by atoms with Crippen molar-refractivity contribution in [1.82, 2.24) is 5.32 Å². The summed E-state index contributed by atoms with van der Waals surface area (Å²) in [4.78, 5) is 0. The quantitative estimate of drug-likeness (QED) is 0.785. The average molecular weight is 199 g/mol. The molecular weight excluding hydrogens is 184 g/mol. The van der Waals surface area contributed by atoms with Crippen LogP contribution in [-0.2, 0) is 12.3 Å². The fraction of sp³-hybridized carbons (Fsp3) is 0.455. The average Bonchev–Trinajstić information content (AvgIpc) is 2.18. The predicted molar refractivity (Wildman–Crippen MR) is 53.6 cm³/mol. The van der Waals surface area contributed by atoms with E-state index in [1.54, 1.807) is 12.1 Å². The van der Waals surface area contributed by atoms with Gasteiger partial charge in [0.2, 0.25) is 0 Å². The molecule has 1 aromatic rings. The first-order chi connectivity index (χ1) is 6.60. The van der Waals surface area contributed by atoms with Gasteiger partial charge in [0.15, 0.2) is 0 Å². The summed E-state index contributed by atoms with van der Waals surface area (Å²) in [5, 5.41) is 2.49. The molecule has 0 aromatic heterocycles. The molecule has 0 unspecified atom stereocenters. The zero-order chi connectivity index (χ0) is 10.6. The molecule has 0 bridgehead atoms. The van der Waals surface area contributed by atoms with Crippen LogP contribution < -0.4 is 5.32 Å². The molecule has 0 aliphatic heterocycles. The van der Waals surface area contributed by atoms with Crippen molar-refractivity contribution in [3.63, 3.8) is 0 Å². The van der Waals surface area contributed by atoms with E-state index < -0.39 is 5.92 Å². The highest BCUT2D eigenvalue weighted by Gasteiger charge is 2.30. The Kier molecular flexibility index (Phi) is 3.58. The Morgan fingerprint density at radius 3 is 2.64 bits per heavy atom. The Bertz CT molecular complexity index is 297. The first kappa shape index (κ1) is 11.1. The van der Waals surface area contributed by atoms with Gasteiger partial charge in [-0.25, -0.2) is 0 Å². The number of hydrogen-bond acceptors (Lipinski definition) is 1. The highest BCUT2D eigenvalue weighted by molar-refractivity contribution is 5.27. The van der Waals surface area contributed by atoms with E-state index in [0.29, 0.717) is 0 Å². The van der Waals surface area contributed by atoms with Crippen molar-refractivity contribution in [1.29, 1.82) is 0 Å². The lowest BCUT2D eigenvalue weighted by atomic mass is 10.0. The largest absolute Gasteiger partial charge is 0.314 e. The van der Waals surface area contributed by atoms with Crippen LogP contribution in [0.5, 0.6) is 0 Å². The highest BCUT2D eigenvalue weighted by atomic mass is 19.3. The van der Waals surface area contributed by atoms with E-state index in [-0.39, 0.29) is 12.1 Å². The van der Waals surface area contributed by atoms with E-state index in [1.165, 1.54) is 13.1 Å². The lowest BCUT2D eigenvalue weighted by Crippen LogP contribution is -2.28. The maximum atomic E-state index is 13.4. The second-order valence-electron chi connectivity index (χ2n) is 3.29. The third-order valence-corrected chi connectivity index (χ3v) is 2.16. The van der Waals surface area contributed by atoms with Crippen LogP contribution in [0, 0.1) is 0 Å². The summed E-state index contributed by atoms with van der Waals surface area (Å²) >= 11 is 0. The lowest BCUT2D eigenvalue weighted by molar-refractivity contribution is -0.00132. The lowest BCUT2D eigenvalue weighted by Gasteiger charge is -2.16. The van der Waals surface area contributed by atoms with E-state index in [1.807, 2.05) is 13.0 Å². The minimum absolute atomic E-state index is 0.0891. The van der Waals surface area contributed by atoms with Crippen molar-refractivity contribution < 1.29 is 8.78 Å². The first-order valence-corrected chi connectivity index (χ1v) is 4.72. The van der Waals surface area contributed by atoms with Gasteiger partial charge in [-0.15, -0.1) is 0 Å². The molecular formula is C11H15F2N. The zero-order valence-corrected chi connectivity index (χ0v) is 8.48. The predicted octanol–water partition coefficient (Wildman–Crippen LogP) is 2.56. The van der Waals surface area contributed by atoms with Crippen molar-refractivity contribution in [2.24, 2.45) is 0 Å². The number of nitrogens with one attached hydrogen (secondary N) is 1. The third kappa shape index (κ3) is 2.51. The van der Waals surface area contributed by atoms with Crippen LogP contribution in [-0.4, -0.2) is 13.6 Å². The molecule has 1 aromatic carbocycles. The maximum absolute atomic E-state index is 13.4. The molecule has 0 aliphatic rings. The van der Waals surface area contributed by atoms with E-state index in [2.05, 4.69) is 5.32 Å². The van der Waals surface area contributed by atoms with Gasteiger partial charge in [-0.1, -0.05) is 25.1 Å². The van der Waals surface area contributed by atoms with Gasteiger partial charge in [-0.05, 0) is 25.1 Å². The van der Waals surface area contributed by atoms with Crippen molar-refractivity contribution in [3.8, 4) is 0 Å². The van der Waals surface area contributed by atoms with Crippen LogP contribution in [0.25, 0.3) is 0 Å². The van der Waals surface area contributed by atoms with Crippen molar-refractivity contribution >= 4 is 0 Å². The number of rotatable bonds is 4. The summed E-state index contributed by atoms with van der Waals surface area (Å²) in [6.45, 7) is 1.63. The summed E-state index contributed by atoms with van der Waals surface area (Å²) in [6, 6.07) is 6.57. The molecule has 0 atom stereocenters. The molecule has 0 heterocycles. The summed E-state index contributed by atoms with van der Waals surface area (Å²) in [5.41, 5.74) is 1.03. The normalized spacial score (nSPS) is 11.7. The van der Waals surface area contributed by atoms with Gasteiger partial charge in [0.1, 0.15) is 0 Å². The molecule has 0 saturated heterocycles. The number of halogens is 2. The number of aryl methyl sites for hydroxylation is 1.